The zero-order valence-electron chi connectivity index (χ0n) is 6.55. The summed E-state index contributed by atoms with van der Waals surface area (Å²) in [5.74, 6) is -0.345. The second-order valence-electron chi connectivity index (χ2n) is 3.00. The fraction of sp³-hybridized carbons (Fsp3) is 0.333. The number of phenols is 1. The summed E-state index contributed by atoms with van der Waals surface area (Å²) in [5, 5.41) is 12.5. The average molecular weight is 167 g/mol. The largest absolute Gasteiger partial charge is 0.508 e. The number of hydrogen-bond acceptors (Lipinski definition) is 2. The van der Waals surface area contributed by atoms with Gasteiger partial charge in [-0.2, -0.15) is 0 Å². The van der Waals surface area contributed by atoms with Crippen LogP contribution in [0.25, 0.3) is 0 Å². The van der Waals surface area contributed by atoms with Gasteiger partial charge in [0.25, 0.3) is 0 Å². The van der Waals surface area contributed by atoms with Gasteiger partial charge in [0, 0.05) is 17.7 Å². The lowest BCUT2D eigenvalue weighted by atomic mass is 9.97. The Bertz CT molecular complexity index is 297. The smallest absolute Gasteiger partial charge is 0.126 e. The van der Waals surface area contributed by atoms with Crippen LogP contribution in [0, 0.1) is 5.82 Å². The maximum atomic E-state index is 12.6. The summed E-state index contributed by atoms with van der Waals surface area (Å²) in [6, 6.07) is 4.36. The Morgan fingerprint density at radius 2 is 2.25 bits per heavy atom. The third kappa shape index (κ3) is 1.16. The Kier molecular flexibility index (Phi) is 1.73. The molecule has 1 fully saturated rings. The van der Waals surface area contributed by atoms with Crippen LogP contribution in [0.5, 0.6) is 5.75 Å². The molecule has 0 radical (unpaired) electrons. The highest BCUT2D eigenvalue weighted by atomic mass is 19.1. The highest BCUT2D eigenvalue weighted by Gasteiger charge is 2.21. The van der Waals surface area contributed by atoms with Crippen LogP contribution in [0.15, 0.2) is 18.2 Å². The van der Waals surface area contributed by atoms with Crippen LogP contribution in [-0.2, 0) is 0 Å². The van der Waals surface area contributed by atoms with Gasteiger partial charge in [-0.1, -0.05) is 6.07 Å². The lowest BCUT2D eigenvalue weighted by Gasteiger charge is -2.28. The normalized spacial score (nSPS) is 21.9. The molecule has 2 N–H and O–H groups in total. The van der Waals surface area contributed by atoms with Gasteiger partial charge in [-0.05, 0) is 19.0 Å². The van der Waals surface area contributed by atoms with Crippen molar-refractivity contribution in [2.75, 3.05) is 6.54 Å². The second kappa shape index (κ2) is 2.75. The van der Waals surface area contributed by atoms with Crippen molar-refractivity contribution >= 4 is 0 Å². The minimum atomic E-state index is -0.393. The first-order valence-electron chi connectivity index (χ1n) is 3.99. The molecule has 1 aromatic carbocycles. The summed E-state index contributed by atoms with van der Waals surface area (Å²) in [7, 11) is 0. The minimum absolute atomic E-state index is 0.0483. The molecule has 0 unspecified atom stereocenters. The molecule has 1 aromatic rings. The van der Waals surface area contributed by atoms with Gasteiger partial charge >= 0.3 is 0 Å². The molecule has 2 rings (SSSR count). The zero-order valence-corrected chi connectivity index (χ0v) is 6.55. The first kappa shape index (κ1) is 7.55. The van der Waals surface area contributed by atoms with Gasteiger partial charge in [0.15, 0.2) is 0 Å². The van der Waals surface area contributed by atoms with Gasteiger partial charge < -0.3 is 10.4 Å². The number of nitrogens with one attached hydrogen (secondary N) is 1. The third-order valence-corrected chi connectivity index (χ3v) is 2.19. The van der Waals surface area contributed by atoms with E-state index in [4.69, 9.17) is 0 Å². The van der Waals surface area contributed by atoms with Crippen LogP contribution in [-0.4, -0.2) is 11.7 Å². The fourth-order valence-corrected chi connectivity index (χ4v) is 1.37. The van der Waals surface area contributed by atoms with Crippen molar-refractivity contribution in [2.24, 2.45) is 0 Å². The molecule has 0 aliphatic carbocycles. The van der Waals surface area contributed by atoms with Crippen molar-refractivity contribution in [3.05, 3.63) is 29.6 Å². The van der Waals surface area contributed by atoms with Crippen LogP contribution in [0.4, 0.5) is 4.39 Å². The summed E-state index contributed by atoms with van der Waals surface area (Å²) in [6.45, 7) is 0.974. The Morgan fingerprint density at radius 3 is 2.75 bits per heavy atom. The predicted octanol–water partition coefficient (Wildman–Crippen LogP) is 1.57. The van der Waals surface area contributed by atoms with E-state index in [-0.39, 0.29) is 11.8 Å². The van der Waals surface area contributed by atoms with E-state index in [1.807, 2.05) is 0 Å². The van der Waals surface area contributed by atoms with Gasteiger partial charge in [0.2, 0.25) is 0 Å². The minimum Gasteiger partial charge on any atom is -0.508 e. The number of hydrogen-bond donors (Lipinski definition) is 2. The van der Waals surface area contributed by atoms with Crippen molar-refractivity contribution in [1.29, 1.82) is 0 Å². The molecule has 2 nitrogen and oxygen atoms in total. The van der Waals surface area contributed by atoms with Gasteiger partial charge in [0.05, 0.1) is 0 Å². The summed E-state index contributed by atoms with van der Waals surface area (Å²) in [4.78, 5) is 0. The molecule has 3 heteroatoms. The van der Waals surface area contributed by atoms with E-state index in [2.05, 4.69) is 5.32 Å². The third-order valence-electron chi connectivity index (χ3n) is 2.19. The Morgan fingerprint density at radius 1 is 1.50 bits per heavy atom. The molecule has 64 valence electrons. The molecule has 1 aliphatic rings. The summed E-state index contributed by atoms with van der Waals surface area (Å²) >= 11 is 0. The van der Waals surface area contributed by atoms with Crippen LogP contribution in [0.3, 0.4) is 0 Å². The van der Waals surface area contributed by atoms with E-state index >= 15 is 0 Å². The molecule has 1 aliphatic heterocycles. The van der Waals surface area contributed by atoms with Crippen molar-refractivity contribution < 1.29 is 9.50 Å². The highest BCUT2D eigenvalue weighted by molar-refractivity contribution is 5.36. The second-order valence-corrected chi connectivity index (χ2v) is 3.00. The van der Waals surface area contributed by atoms with Crippen LogP contribution in [0.1, 0.15) is 18.0 Å². The molecule has 0 amide bonds. The standard InChI is InChI=1S/C9H10FNO/c10-6-1-2-7(9(12)5-6)8-3-4-11-8/h1-2,5,8,11-12H,3-4H2/t8-/m0/s1. The monoisotopic (exact) mass is 167 g/mol. The van der Waals surface area contributed by atoms with Gasteiger partial charge in [-0.3, -0.25) is 0 Å². The van der Waals surface area contributed by atoms with Gasteiger partial charge in [0.1, 0.15) is 11.6 Å². The molecule has 12 heavy (non-hydrogen) atoms. The topological polar surface area (TPSA) is 32.3 Å². The summed E-state index contributed by atoms with van der Waals surface area (Å²) < 4.78 is 12.6. The highest BCUT2D eigenvalue weighted by Crippen LogP contribution is 2.30. The molecule has 1 heterocycles. The number of aromatic hydroxyl groups is 1. The summed E-state index contributed by atoms with van der Waals surface area (Å²) in [6.07, 6.45) is 1.01. The van der Waals surface area contributed by atoms with Crippen molar-refractivity contribution in [3.63, 3.8) is 0 Å². The first-order valence-corrected chi connectivity index (χ1v) is 3.99. The molecule has 0 bridgehead atoms. The zero-order chi connectivity index (χ0) is 8.55. The first-order chi connectivity index (χ1) is 5.77. The molecule has 1 atom stereocenters. The number of phenolic OH excluding ortho intramolecular Hbond substituents is 1. The van der Waals surface area contributed by atoms with Crippen molar-refractivity contribution in [1.82, 2.24) is 5.32 Å². The fourth-order valence-electron chi connectivity index (χ4n) is 1.37. The molecule has 1 saturated heterocycles. The van der Waals surface area contributed by atoms with Gasteiger partial charge in [-0.15, -0.1) is 0 Å². The quantitative estimate of drug-likeness (QED) is 0.665. The van der Waals surface area contributed by atoms with E-state index in [0.717, 1.165) is 24.6 Å². The lowest BCUT2D eigenvalue weighted by molar-refractivity contribution is 0.363. The van der Waals surface area contributed by atoms with E-state index in [9.17, 15) is 9.50 Å². The van der Waals surface area contributed by atoms with Crippen LogP contribution < -0.4 is 5.32 Å². The van der Waals surface area contributed by atoms with E-state index in [1.165, 1.54) is 6.07 Å². The predicted molar refractivity (Wildman–Crippen MR) is 43.4 cm³/mol. The Labute approximate surface area is 70.0 Å². The SMILES string of the molecule is Oc1cc(F)ccc1[C@@H]1CCN1. The number of halogens is 1. The molecular weight excluding hydrogens is 157 g/mol. The maximum absolute atomic E-state index is 12.6. The molecule has 0 saturated carbocycles. The van der Waals surface area contributed by atoms with Crippen LogP contribution in [0.2, 0.25) is 0 Å². The average Bonchev–Trinajstić information content (AvgIpc) is 1.91. The Hall–Kier alpha value is -1.09. The molecular formula is C9H10FNO. The van der Waals surface area contributed by atoms with Crippen LogP contribution >= 0.6 is 0 Å². The van der Waals surface area contributed by atoms with Crippen molar-refractivity contribution in [2.45, 2.75) is 12.5 Å². The van der Waals surface area contributed by atoms with E-state index < -0.39 is 5.82 Å². The summed E-state index contributed by atoms with van der Waals surface area (Å²) in [5.41, 5.74) is 0.794. The van der Waals surface area contributed by atoms with E-state index in [1.54, 1.807) is 6.07 Å². The molecule has 0 spiro atoms. The molecule has 0 aromatic heterocycles. The maximum Gasteiger partial charge on any atom is 0.126 e. The number of benzene rings is 1. The van der Waals surface area contributed by atoms with E-state index in [0.29, 0.717) is 0 Å². The van der Waals surface area contributed by atoms with Gasteiger partial charge in [-0.25, -0.2) is 4.39 Å². The van der Waals surface area contributed by atoms with Crippen molar-refractivity contribution in [3.8, 4) is 5.75 Å². The number of rotatable bonds is 1. The Balaban J connectivity index is 2.31. The lowest BCUT2D eigenvalue weighted by Crippen LogP contribution is -2.34.